The van der Waals surface area contributed by atoms with Crippen LogP contribution in [0.2, 0.25) is 0 Å². The van der Waals surface area contributed by atoms with Gasteiger partial charge in [0.25, 0.3) is 0 Å². The molecule has 0 aliphatic carbocycles. The van der Waals surface area contributed by atoms with Gasteiger partial charge in [-0.3, -0.25) is 10.2 Å². The third-order valence-corrected chi connectivity index (χ3v) is 5.20. The van der Waals surface area contributed by atoms with E-state index in [2.05, 4.69) is 4.36 Å². The van der Waals surface area contributed by atoms with Crippen LogP contribution >= 0.6 is 0 Å². The van der Waals surface area contributed by atoms with Gasteiger partial charge in [-0.2, -0.15) is 12.8 Å². The van der Waals surface area contributed by atoms with Crippen LogP contribution in [0.25, 0.3) is 0 Å². The molecular weight excluding hydrogens is 354 g/mol. The maximum Gasteiger partial charge on any atom is 0.311 e. The average Bonchev–Trinajstić information content (AvgIpc) is 2.61. The number of amidine groups is 1. The van der Waals surface area contributed by atoms with E-state index >= 15 is 0 Å². The van der Waals surface area contributed by atoms with Gasteiger partial charge in [0.05, 0.1) is 5.84 Å². The molecule has 0 aromatic heterocycles. The molecule has 8 nitrogen and oxygen atoms in total. The molecule has 1 heterocycles. The van der Waals surface area contributed by atoms with E-state index in [9.17, 15) is 13.2 Å². The minimum atomic E-state index is -2.68. The number of rotatable bonds is 7. The molecule has 0 saturated carbocycles. The van der Waals surface area contributed by atoms with E-state index in [1.807, 2.05) is 30.3 Å². The smallest absolute Gasteiger partial charge is 0.311 e. The van der Waals surface area contributed by atoms with Crippen molar-refractivity contribution in [1.29, 1.82) is 5.41 Å². The summed E-state index contributed by atoms with van der Waals surface area (Å²) in [5.74, 6) is -0.411. The molecule has 1 saturated heterocycles. The van der Waals surface area contributed by atoms with E-state index in [4.69, 9.17) is 16.9 Å². The van der Waals surface area contributed by atoms with E-state index in [1.165, 1.54) is 0 Å². The zero-order valence-electron chi connectivity index (χ0n) is 14.5. The summed E-state index contributed by atoms with van der Waals surface area (Å²) in [6.45, 7) is 1.29. The van der Waals surface area contributed by atoms with Crippen molar-refractivity contribution in [3.05, 3.63) is 35.9 Å². The van der Waals surface area contributed by atoms with Gasteiger partial charge < -0.3 is 16.4 Å². The van der Waals surface area contributed by atoms with Crippen LogP contribution in [0.4, 0.5) is 0 Å². The molecule has 0 spiro atoms. The highest BCUT2D eigenvalue weighted by molar-refractivity contribution is 7.61. The largest absolute Gasteiger partial charge is 0.387 e. The summed E-state index contributed by atoms with van der Waals surface area (Å²) in [4.78, 5) is 14.5. The van der Waals surface area contributed by atoms with Crippen molar-refractivity contribution in [1.82, 2.24) is 4.90 Å². The van der Waals surface area contributed by atoms with Crippen LogP contribution in [0.15, 0.2) is 34.7 Å². The quantitative estimate of drug-likeness (QED) is 0.464. The first-order chi connectivity index (χ1) is 12.4. The van der Waals surface area contributed by atoms with Crippen molar-refractivity contribution in [3.63, 3.8) is 0 Å². The number of nitrogens with one attached hydrogen (secondary N) is 1. The lowest BCUT2D eigenvalue weighted by Gasteiger charge is -2.38. The van der Waals surface area contributed by atoms with Gasteiger partial charge in [-0.25, -0.2) is 0 Å². The van der Waals surface area contributed by atoms with Crippen molar-refractivity contribution in [3.8, 4) is 0 Å². The summed E-state index contributed by atoms with van der Waals surface area (Å²) >= 11 is 0. The summed E-state index contributed by atoms with van der Waals surface area (Å²) in [6.07, 6.45) is 1.64. The van der Waals surface area contributed by atoms with E-state index in [1.54, 1.807) is 4.90 Å². The molecule has 1 aromatic carbocycles. The van der Waals surface area contributed by atoms with Crippen LogP contribution in [-0.2, 0) is 21.7 Å². The van der Waals surface area contributed by atoms with Crippen molar-refractivity contribution in [2.45, 2.75) is 25.3 Å². The van der Waals surface area contributed by atoms with Crippen LogP contribution in [-0.4, -0.2) is 50.7 Å². The molecule has 26 heavy (non-hydrogen) atoms. The lowest BCUT2D eigenvalue weighted by molar-refractivity contribution is -0.134. The molecule has 1 aliphatic heterocycles. The van der Waals surface area contributed by atoms with Gasteiger partial charge in [-0.15, -0.1) is 0 Å². The Morgan fingerprint density at radius 3 is 2.62 bits per heavy atom. The van der Waals surface area contributed by atoms with Gasteiger partial charge in [-0.05, 0) is 30.9 Å². The second kappa shape index (κ2) is 9.44. The van der Waals surface area contributed by atoms with Crippen LogP contribution in [0, 0.1) is 17.2 Å². The maximum absolute atomic E-state index is 12.9. The van der Waals surface area contributed by atoms with Crippen LogP contribution < -0.4 is 11.5 Å². The normalized spacial score (nSPS) is 21.0. The molecule has 1 aliphatic rings. The molecule has 0 radical (unpaired) electrons. The number of piperidine rings is 1. The lowest BCUT2D eigenvalue weighted by atomic mass is 9.82. The summed E-state index contributed by atoms with van der Waals surface area (Å²) < 4.78 is 25.8. The van der Waals surface area contributed by atoms with Crippen LogP contribution in [0.3, 0.4) is 0 Å². The number of carbonyl (C=O) groups excluding carboxylic acids is 1. The second-order valence-corrected chi connectivity index (χ2v) is 7.15. The Kier molecular flexibility index (Phi) is 7.28. The Balaban J connectivity index is 2.17. The predicted octanol–water partition coefficient (Wildman–Crippen LogP) is 0.410. The summed E-state index contributed by atoms with van der Waals surface area (Å²) in [5.41, 5.74) is 12.2. The Morgan fingerprint density at radius 2 is 2.04 bits per heavy atom. The van der Waals surface area contributed by atoms with E-state index in [0.29, 0.717) is 26.1 Å². The summed E-state index contributed by atoms with van der Waals surface area (Å²) in [7, 11) is -2.68. The predicted molar refractivity (Wildman–Crippen MR) is 99.0 cm³/mol. The van der Waals surface area contributed by atoms with Crippen molar-refractivity contribution >= 4 is 22.2 Å². The molecular formula is C17H25N5O3S. The highest BCUT2D eigenvalue weighted by Gasteiger charge is 2.35. The van der Waals surface area contributed by atoms with Crippen LogP contribution in [0.1, 0.15) is 18.4 Å². The van der Waals surface area contributed by atoms with Gasteiger partial charge in [-0.1, -0.05) is 30.3 Å². The molecule has 0 bridgehead atoms. The van der Waals surface area contributed by atoms with Gasteiger partial charge in [0.15, 0.2) is 0 Å². The van der Waals surface area contributed by atoms with Gasteiger partial charge in [0.2, 0.25) is 5.91 Å². The molecule has 1 fully saturated rings. The number of nitrogens with zero attached hydrogens (tertiary/aromatic N) is 2. The Bertz CT molecular complexity index is 758. The number of hydrogen-bond acceptors (Lipinski definition) is 6. The summed E-state index contributed by atoms with van der Waals surface area (Å²) in [6, 6.07) is 8.16. The zero-order chi connectivity index (χ0) is 19.1. The minimum Gasteiger partial charge on any atom is -0.387 e. The fourth-order valence-electron chi connectivity index (χ4n) is 3.43. The molecule has 5 N–H and O–H groups in total. The highest BCUT2D eigenvalue weighted by Crippen LogP contribution is 2.27. The topological polar surface area (TPSA) is 143 Å². The Labute approximate surface area is 154 Å². The van der Waals surface area contributed by atoms with Gasteiger partial charge >= 0.3 is 10.5 Å². The zero-order valence-corrected chi connectivity index (χ0v) is 15.4. The minimum absolute atomic E-state index is 0.0323. The molecule has 2 unspecified atom stereocenters. The molecule has 142 valence electrons. The third kappa shape index (κ3) is 5.37. The van der Waals surface area contributed by atoms with E-state index in [-0.39, 0.29) is 30.0 Å². The fourth-order valence-corrected chi connectivity index (χ4v) is 3.81. The molecule has 1 amide bonds. The summed E-state index contributed by atoms with van der Waals surface area (Å²) in [5, 5.41) is 7.81. The maximum atomic E-state index is 12.9. The number of benzene rings is 1. The fraction of sp³-hybridized carbons (Fsp3) is 0.529. The van der Waals surface area contributed by atoms with Crippen molar-refractivity contribution < 1.29 is 13.2 Å². The lowest BCUT2D eigenvalue weighted by Crippen LogP contribution is -2.51. The van der Waals surface area contributed by atoms with E-state index < -0.39 is 16.5 Å². The Morgan fingerprint density at radius 1 is 1.35 bits per heavy atom. The third-order valence-electron chi connectivity index (χ3n) is 4.77. The average molecular weight is 379 g/mol. The number of nitrogens with two attached hydrogens (primary N) is 2. The Hall–Kier alpha value is -2.26. The molecule has 1 aromatic rings. The second-order valence-electron chi connectivity index (χ2n) is 6.50. The van der Waals surface area contributed by atoms with Gasteiger partial charge in [0, 0.05) is 25.4 Å². The van der Waals surface area contributed by atoms with Crippen molar-refractivity contribution in [2.24, 2.45) is 27.7 Å². The number of amides is 1. The monoisotopic (exact) mass is 379 g/mol. The highest BCUT2D eigenvalue weighted by atomic mass is 32.2. The first kappa shape index (κ1) is 20.1. The molecule has 3 atom stereocenters. The first-order valence-corrected chi connectivity index (χ1v) is 9.62. The first-order valence-electron chi connectivity index (χ1n) is 8.59. The molecule has 9 heteroatoms. The standard InChI is InChI=1S/C17H25N5O3S/c18-8-6-13-7-9-22(11-14(13)16(19)20)17(23)15(21-26(24)25)10-12-4-2-1-3-5-12/h1-5,13-15H,6-11,18H2,(H3,19,20)/t13?,14?,15-/m0/s1. The van der Waals surface area contributed by atoms with E-state index in [0.717, 1.165) is 12.0 Å². The number of hydrogen-bond donors (Lipinski definition) is 3. The SMILES string of the molecule is N=C(N)C1CN(C(=O)[C@H](Cc2ccccc2)N=S(=O)=O)CCC1CCN. The van der Waals surface area contributed by atoms with Crippen LogP contribution in [0.5, 0.6) is 0 Å². The van der Waals surface area contributed by atoms with Crippen molar-refractivity contribution in [2.75, 3.05) is 19.6 Å². The molecule has 2 rings (SSSR count). The number of likely N-dealkylation sites (tertiary alicyclic amines) is 1. The van der Waals surface area contributed by atoms with Gasteiger partial charge in [0.1, 0.15) is 6.04 Å². The number of carbonyl (C=O) groups is 1.